The predicted molar refractivity (Wildman–Crippen MR) is 137 cm³/mol. The Morgan fingerprint density at radius 1 is 0.794 bits per heavy atom. The Kier molecular flexibility index (Phi) is 5.27. The van der Waals surface area contributed by atoms with Crippen molar-refractivity contribution in [3.8, 4) is 0 Å². The second-order valence-electron chi connectivity index (χ2n) is 9.37. The monoisotopic (exact) mass is 446 g/mol. The Morgan fingerprint density at radius 3 is 2.35 bits per heavy atom. The third-order valence-corrected chi connectivity index (χ3v) is 7.21. The summed E-state index contributed by atoms with van der Waals surface area (Å²) in [6.07, 6.45) is 1.61. The summed E-state index contributed by atoms with van der Waals surface area (Å²) in [5.74, 6) is -0.648. The van der Waals surface area contributed by atoms with Crippen molar-refractivity contribution in [2.45, 2.75) is 32.0 Å². The molecule has 0 fully saturated rings. The molecule has 1 aliphatic carbocycles. The number of aliphatic carboxylic acids is 1. The van der Waals surface area contributed by atoms with Gasteiger partial charge in [0.15, 0.2) is 0 Å². The van der Waals surface area contributed by atoms with E-state index in [1.54, 1.807) is 0 Å². The van der Waals surface area contributed by atoms with Crippen molar-refractivity contribution in [3.05, 3.63) is 108 Å². The molecular weight excluding hydrogens is 420 g/mol. The molecule has 34 heavy (non-hydrogen) atoms. The third-order valence-electron chi connectivity index (χ3n) is 7.21. The van der Waals surface area contributed by atoms with Gasteiger partial charge in [0.1, 0.15) is 0 Å². The van der Waals surface area contributed by atoms with Crippen LogP contribution in [0.4, 0.5) is 0 Å². The quantitative estimate of drug-likeness (QED) is 0.285. The van der Waals surface area contributed by atoms with Gasteiger partial charge < -0.3 is 9.84 Å². The Bertz CT molecular complexity index is 1530. The van der Waals surface area contributed by atoms with E-state index in [9.17, 15) is 9.90 Å². The number of fused-ring (bicyclic) bond motifs is 6. The molecule has 2 unspecified atom stereocenters. The number of hydrogen-bond acceptors (Lipinski definition) is 2. The van der Waals surface area contributed by atoms with Crippen molar-refractivity contribution in [2.75, 3.05) is 0 Å². The maximum Gasteiger partial charge on any atom is 0.303 e. The molecule has 5 aromatic carbocycles. The fourth-order valence-corrected chi connectivity index (χ4v) is 5.66. The molecule has 5 aromatic rings. The molecule has 0 aliphatic heterocycles. The van der Waals surface area contributed by atoms with E-state index >= 15 is 0 Å². The first kappa shape index (κ1) is 20.9. The van der Waals surface area contributed by atoms with Crippen LogP contribution in [-0.4, -0.2) is 11.1 Å². The van der Waals surface area contributed by atoms with E-state index in [-0.39, 0.29) is 18.4 Å². The average molecular weight is 447 g/mol. The molecule has 2 atom stereocenters. The van der Waals surface area contributed by atoms with Crippen LogP contribution in [0, 0.1) is 5.92 Å². The fourth-order valence-electron chi connectivity index (χ4n) is 5.66. The maximum atomic E-state index is 11.4. The van der Waals surface area contributed by atoms with Gasteiger partial charge in [-0.2, -0.15) is 0 Å². The van der Waals surface area contributed by atoms with E-state index in [1.165, 1.54) is 43.4 Å². The molecule has 0 spiro atoms. The van der Waals surface area contributed by atoms with Crippen LogP contribution >= 0.6 is 0 Å². The minimum atomic E-state index is -0.740. The molecule has 0 radical (unpaired) electrons. The van der Waals surface area contributed by atoms with Gasteiger partial charge in [-0.25, -0.2) is 0 Å². The summed E-state index contributed by atoms with van der Waals surface area (Å²) in [4.78, 5) is 11.4. The molecule has 1 N–H and O–H groups in total. The van der Waals surface area contributed by atoms with Crippen molar-refractivity contribution in [3.63, 3.8) is 0 Å². The van der Waals surface area contributed by atoms with Crippen LogP contribution in [0.5, 0.6) is 0 Å². The van der Waals surface area contributed by atoms with E-state index in [0.29, 0.717) is 6.61 Å². The second kappa shape index (κ2) is 8.58. The van der Waals surface area contributed by atoms with E-state index in [4.69, 9.17) is 4.74 Å². The molecule has 0 aromatic heterocycles. The predicted octanol–water partition coefficient (Wildman–Crippen LogP) is 7.44. The van der Waals surface area contributed by atoms with Crippen LogP contribution in [0.1, 0.15) is 35.6 Å². The first-order chi connectivity index (χ1) is 16.7. The first-order valence-electron chi connectivity index (χ1n) is 11.9. The molecule has 0 saturated carbocycles. The van der Waals surface area contributed by atoms with Gasteiger partial charge in [0.25, 0.3) is 0 Å². The number of ether oxygens (including phenoxy) is 1. The largest absolute Gasteiger partial charge is 0.481 e. The molecular formula is C31H26O3. The number of carboxylic acids is 1. The highest BCUT2D eigenvalue weighted by Gasteiger charge is 2.29. The molecule has 0 amide bonds. The van der Waals surface area contributed by atoms with Crippen LogP contribution in [0.15, 0.2) is 91.0 Å². The topological polar surface area (TPSA) is 46.5 Å². The lowest BCUT2D eigenvalue weighted by atomic mass is 9.80. The Balaban J connectivity index is 1.41. The normalized spacial score (nSPS) is 17.8. The SMILES string of the molecule is O=C(O)CC1Cc2ccccc2C(OCc2cc3c4ccccc4ccc3c3ccccc23)C1. The van der Waals surface area contributed by atoms with Crippen molar-refractivity contribution < 1.29 is 14.6 Å². The zero-order valence-corrected chi connectivity index (χ0v) is 18.9. The van der Waals surface area contributed by atoms with Gasteiger partial charge in [0.05, 0.1) is 12.7 Å². The van der Waals surface area contributed by atoms with Crippen LogP contribution in [-0.2, 0) is 22.6 Å². The summed E-state index contributed by atoms with van der Waals surface area (Å²) in [6, 6.07) is 32.1. The van der Waals surface area contributed by atoms with Crippen LogP contribution in [0.3, 0.4) is 0 Å². The molecule has 3 heteroatoms. The van der Waals surface area contributed by atoms with Gasteiger partial charge in [-0.3, -0.25) is 4.79 Å². The van der Waals surface area contributed by atoms with Gasteiger partial charge in [-0.1, -0.05) is 84.9 Å². The molecule has 168 valence electrons. The Hall–Kier alpha value is -3.69. The lowest BCUT2D eigenvalue weighted by Gasteiger charge is -2.31. The van der Waals surface area contributed by atoms with Crippen LogP contribution in [0.2, 0.25) is 0 Å². The number of carboxylic acid groups (broad SMARTS) is 1. The minimum absolute atomic E-state index is 0.0923. The second-order valence-corrected chi connectivity index (χ2v) is 9.37. The van der Waals surface area contributed by atoms with Gasteiger partial charge in [-0.15, -0.1) is 0 Å². The lowest BCUT2D eigenvalue weighted by molar-refractivity contribution is -0.138. The molecule has 6 rings (SSSR count). The molecule has 0 bridgehead atoms. The highest BCUT2D eigenvalue weighted by atomic mass is 16.5. The molecule has 0 saturated heterocycles. The van der Waals surface area contributed by atoms with Gasteiger partial charge in [0.2, 0.25) is 0 Å². The van der Waals surface area contributed by atoms with Crippen molar-refractivity contribution in [2.24, 2.45) is 5.92 Å². The number of hydrogen-bond donors (Lipinski definition) is 1. The van der Waals surface area contributed by atoms with Crippen molar-refractivity contribution in [1.29, 1.82) is 0 Å². The maximum absolute atomic E-state index is 11.4. The van der Waals surface area contributed by atoms with Crippen molar-refractivity contribution >= 4 is 38.3 Å². The summed E-state index contributed by atoms with van der Waals surface area (Å²) in [6.45, 7) is 0.485. The van der Waals surface area contributed by atoms with Gasteiger partial charge in [-0.05, 0) is 73.8 Å². The highest BCUT2D eigenvalue weighted by molar-refractivity contribution is 6.18. The molecule has 3 nitrogen and oxygen atoms in total. The van der Waals surface area contributed by atoms with E-state index in [2.05, 4.69) is 78.9 Å². The van der Waals surface area contributed by atoms with Crippen molar-refractivity contribution in [1.82, 2.24) is 0 Å². The summed E-state index contributed by atoms with van der Waals surface area (Å²) >= 11 is 0. The fraction of sp³-hybridized carbons (Fsp3) is 0.194. The zero-order valence-electron chi connectivity index (χ0n) is 18.9. The van der Waals surface area contributed by atoms with Crippen LogP contribution in [0.25, 0.3) is 32.3 Å². The standard InChI is InChI=1S/C31H26O3/c32-31(33)17-20-15-22-8-2-4-11-26(22)30(16-20)34-19-23-18-29-24-9-3-1-7-21(24)13-14-28(29)27-12-6-5-10-25(23)27/h1-14,18,20,30H,15-17,19H2,(H,32,33). The summed E-state index contributed by atoms with van der Waals surface area (Å²) in [7, 11) is 0. The number of benzene rings is 5. The number of carbonyl (C=O) groups is 1. The first-order valence-corrected chi connectivity index (χ1v) is 11.9. The van der Waals surface area contributed by atoms with Gasteiger partial charge in [0, 0.05) is 6.42 Å². The zero-order chi connectivity index (χ0) is 23.1. The van der Waals surface area contributed by atoms with E-state index in [0.717, 1.165) is 18.4 Å². The summed E-state index contributed by atoms with van der Waals surface area (Å²) in [5, 5.41) is 16.8. The molecule has 0 heterocycles. The molecule has 1 aliphatic rings. The van der Waals surface area contributed by atoms with Crippen LogP contribution < -0.4 is 0 Å². The lowest BCUT2D eigenvalue weighted by Crippen LogP contribution is -2.22. The van der Waals surface area contributed by atoms with E-state index < -0.39 is 5.97 Å². The smallest absolute Gasteiger partial charge is 0.303 e. The minimum Gasteiger partial charge on any atom is -0.481 e. The number of rotatable bonds is 5. The summed E-state index contributed by atoms with van der Waals surface area (Å²) < 4.78 is 6.58. The van der Waals surface area contributed by atoms with E-state index in [1.807, 2.05) is 12.1 Å². The van der Waals surface area contributed by atoms with Gasteiger partial charge >= 0.3 is 5.97 Å². The Labute approximate surface area is 198 Å². The summed E-state index contributed by atoms with van der Waals surface area (Å²) in [5.41, 5.74) is 3.57. The highest BCUT2D eigenvalue weighted by Crippen LogP contribution is 2.39. The Morgan fingerprint density at radius 2 is 1.50 bits per heavy atom. The third kappa shape index (κ3) is 3.72. The average Bonchev–Trinajstić information content (AvgIpc) is 2.86.